The molecule has 0 aliphatic rings. The largest absolute Gasteiger partial charge is 0.347 e. The van der Waals surface area contributed by atoms with Gasteiger partial charge in [-0.3, -0.25) is 9.69 Å². The number of aromatic nitrogens is 2. The zero-order valence-electron chi connectivity index (χ0n) is 13.8. The van der Waals surface area contributed by atoms with E-state index in [1.165, 1.54) is 12.1 Å². The smallest absolute Gasteiger partial charge is 0.242 e. The predicted octanol–water partition coefficient (Wildman–Crippen LogP) is 2.35. The van der Waals surface area contributed by atoms with E-state index in [1.54, 1.807) is 37.3 Å². The van der Waals surface area contributed by atoms with Gasteiger partial charge in [-0.05, 0) is 38.2 Å². The average molecular weight is 318 g/mol. The number of nitrogens with one attached hydrogen (secondary N) is 1. The number of hydrogen-bond acceptors (Lipinski definition) is 3. The normalized spacial score (nSPS) is 12.4. The maximum Gasteiger partial charge on any atom is 0.242 e. The second-order valence-corrected chi connectivity index (χ2v) is 5.68. The van der Waals surface area contributed by atoms with Gasteiger partial charge in [0.2, 0.25) is 5.91 Å². The molecule has 0 spiro atoms. The van der Waals surface area contributed by atoms with E-state index in [0.717, 1.165) is 18.8 Å². The molecule has 0 aliphatic heterocycles. The number of hydrogen-bond donors (Lipinski definition) is 1. The van der Waals surface area contributed by atoms with Crippen molar-refractivity contribution in [1.82, 2.24) is 19.8 Å². The lowest BCUT2D eigenvalue weighted by Crippen LogP contribution is -2.37. The van der Waals surface area contributed by atoms with Crippen LogP contribution in [0.2, 0.25) is 0 Å². The van der Waals surface area contributed by atoms with Crippen LogP contribution in [0.15, 0.2) is 36.7 Å². The molecule has 0 bridgehead atoms. The van der Waals surface area contributed by atoms with Crippen LogP contribution < -0.4 is 5.32 Å². The number of likely N-dealkylation sites (N-methyl/N-ethyl adjacent to an activating group) is 1. The van der Waals surface area contributed by atoms with Crippen molar-refractivity contribution in [2.24, 2.45) is 0 Å². The minimum absolute atomic E-state index is 0.174. The van der Waals surface area contributed by atoms with Crippen LogP contribution >= 0.6 is 0 Å². The summed E-state index contributed by atoms with van der Waals surface area (Å²) in [6, 6.07) is 5.59. The number of aryl methyl sites for hydroxylation is 1. The Kier molecular flexibility index (Phi) is 5.87. The maximum absolute atomic E-state index is 13.4. The van der Waals surface area contributed by atoms with Crippen LogP contribution in [0.25, 0.3) is 0 Å². The van der Waals surface area contributed by atoms with Gasteiger partial charge in [0.1, 0.15) is 17.7 Å². The fraction of sp³-hybridized carbons (Fsp3) is 0.412. The first-order valence-corrected chi connectivity index (χ1v) is 7.72. The lowest BCUT2D eigenvalue weighted by molar-refractivity contribution is -0.126. The van der Waals surface area contributed by atoms with Crippen LogP contribution in [0.1, 0.15) is 30.8 Å². The van der Waals surface area contributed by atoms with Gasteiger partial charge in [-0.25, -0.2) is 9.37 Å². The van der Waals surface area contributed by atoms with Gasteiger partial charge in [0.15, 0.2) is 0 Å². The van der Waals surface area contributed by atoms with Gasteiger partial charge in [-0.1, -0.05) is 19.1 Å². The molecule has 0 fully saturated rings. The van der Waals surface area contributed by atoms with Crippen LogP contribution in [0, 0.1) is 5.82 Å². The first-order chi connectivity index (χ1) is 11.0. The SMILES string of the molecule is CCCn1ccnc1CNC(=O)[C@H](c1cccc(F)c1)N(C)C. The summed E-state index contributed by atoms with van der Waals surface area (Å²) in [5, 5.41) is 2.90. The molecule has 1 N–H and O–H groups in total. The molecular formula is C17H23FN4O. The fourth-order valence-electron chi connectivity index (χ4n) is 2.58. The van der Waals surface area contributed by atoms with Crippen LogP contribution in [-0.4, -0.2) is 34.5 Å². The highest BCUT2D eigenvalue weighted by Crippen LogP contribution is 2.19. The van der Waals surface area contributed by atoms with E-state index in [2.05, 4.69) is 17.2 Å². The standard InChI is InChI=1S/C17H23FN4O/c1-4-9-22-10-8-19-15(22)12-20-17(23)16(21(2)3)13-6-5-7-14(18)11-13/h5-8,10-11,16H,4,9,12H2,1-3H3,(H,20,23)/t16-/m0/s1. The Balaban J connectivity index is 2.08. The Morgan fingerprint density at radius 2 is 2.22 bits per heavy atom. The van der Waals surface area contributed by atoms with Crippen molar-refractivity contribution in [3.8, 4) is 0 Å². The monoisotopic (exact) mass is 318 g/mol. The highest BCUT2D eigenvalue weighted by molar-refractivity contribution is 5.83. The first kappa shape index (κ1) is 17.1. The molecule has 0 saturated carbocycles. The van der Waals surface area contributed by atoms with Crippen LogP contribution in [-0.2, 0) is 17.9 Å². The van der Waals surface area contributed by atoms with E-state index in [0.29, 0.717) is 12.1 Å². The molecule has 1 amide bonds. The molecule has 0 aliphatic carbocycles. The Morgan fingerprint density at radius 1 is 1.43 bits per heavy atom. The quantitative estimate of drug-likeness (QED) is 0.852. The molecule has 0 unspecified atom stereocenters. The summed E-state index contributed by atoms with van der Waals surface area (Å²) in [4.78, 5) is 18.6. The number of carbonyl (C=O) groups is 1. The second kappa shape index (κ2) is 7.87. The molecule has 23 heavy (non-hydrogen) atoms. The van der Waals surface area contributed by atoms with Crippen molar-refractivity contribution in [2.75, 3.05) is 14.1 Å². The molecular weight excluding hydrogens is 295 g/mol. The molecule has 124 valence electrons. The number of benzene rings is 1. The lowest BCUT2D eigenvalue weighted by atomic mass is 10.1. The summed E-state index contributed by atoms with van der Waals surface area (Å²) in [5.74, 6) is 0.296. The zero-order valence-corrected chi connectivity index (χ0v) is 13.8. The molecule has 2 rings (SSSR count). The number of nitrogens with zero attached hydrogens (tertiary/aromatic N) is 3. The molecule has 1 aromatic carbocycles. The van der Waals surface area contributed by atoms with E-state index in [4.69, 9.17) is 0 Å². The minimum atomic E-state index is -0.541. The topological polar surface area (TPSA) is 50.2 Å². The molecule has 2 aromatic rings. The summed E-state index contributed by atoms with van der Waals surface area (Å²) in [6.07, 6.45) is 4.63. The van der Waals surface area contributed by atoms with Crippen molar-refractivity contribution in [3.63, 3.8) is 0 Å². The van der Waals surface area contributed by atoms with E-state index in [-0.39, 0.29) is 11.7 Å². The van der Waals surface area contributed by atoms with Crippen molar-refractivity contribution in [3.05, 3.63) is 53.9 Å². The molecule has 0 saturated heterocycles. The number of carbonyl (C=O) groups excluding carboxylic acids is 1. The van der Waals surface area contributed by atoms with Crippen molar-refractivity contribution < 1.29 is 9.18 Å². The second-order valence-electron chi connectivity index (χ2n) is 5.68. The molecule has 1 heterocycles. The van der Waals surface area contributed by atoms with E-state index >= 15 is 0 Å². The summed E-state index contributed by atoms with van der Waals surface area (Å²) < 4.78 is 15.5. The highest BCUT2D eigenvalue weighted by Gasteiger charge is 2.23. The Bertz CT molecular complexity index is 654. The zero-order chi connectivity index (χ0) is 16.8. The Labute approximate surface area is 136 Å². The fourth-order valence-corrected chi connectivity index (χ4v) is 2.58. The van der Waals surface area contributed by atoms with Gasteiger partial charge in [0.25, 0.3) is 0 Å². The summed E-state index contributed by atoms with van der Waals surface area (Å²) >= 11 is 0. The molecule has 5 nitrogen and oxygen atoms in total. The third kappa shape index (κ3) is 4.39. The van der Waals surface area contributed by atoms with Gasteiger partial charge in [0, 0.05) is 18.9 Å². The number of rotatable bonds is 7. The van der Waals surface area contributed by atoms with Gasteiger partial charge in [-0.15, -0.1) is 0 Å². The maximum atomic E-state index is 13.4. The van der Waals surface area contributed by atoms with E-state index < -0.39 is 6.04 Å². The van der Waals surface area contributed by atoms with E-state index in [1.807, 2.05) is 10.8 Å². The van der Waals surface area contributed by atoms with Crippen molar-refractivity contribution in [2.45, 2.75) is 32.5 Å². The van der Waals surface area contributed by atoms with Crippen molar-refractivity contribution in [1.29, 1.82) is 0 Å². The Hall–Kier alpha value is -2.21. The number of imidazole rings is 1. The van der Waals surface area contributed by atoms with Gasteiger partial charge in [-0.2, -0.15) is 0 Å². The lowest BCUT2D eigenvalue weighted by Gasteiger charge is -2.24. The van der Waals surface area contributed by atoms with Crippen LogP contribution in [0.4, 0.5) is 4.39 Å². The van der Waals surface area contributed by atoms with Gasteiger partial charge >= 0.3 is 0 Å². The van der Waals surface area contributed by atoms with Crippen LogP contribution in [0.5, 0.6) is 0 Å². The summed E-state index contributed by atoms with van der Waals surface area (Å²) in [6.45, 7) is 3.31. The van der Waals surface area contributed by atoms with Gasteiger partial charge in [0.05, 0.1) is 6.54 Å². The summed E-state index contributed by atoms with van der Waals surface area (Å²) in [7, 11) is 3.60. The molecule has 1 atom stereocenters. The predicted molar refractivity (Wildman–Crippen MR) is 87.2 cm³/mol. The highest BCUT2D eigenvalue weighted by atomic mass is 19.1. The van der Waals surface area contributed by atoms with Gasteiger partial charge < -0.3 is 9.88 Å². The molecule has 1 aromatic heterocycles. The summed E-state index contributed by atoms with van der Waals surface area (Å²) in [5.41, 5.74) is 0.629. The van der Waals surface area contributed by atoms with E-state index in [9.17, 15) is 9.18 Å². The molecule has 6 heteroatoms. The van der Waals surface area contributed by atoms with Crippen molar-refractivity contribution >= 4 is 5.91 Å². The average Bonchev–Trinajstić information content (AvgIpc) is 2.93. The third-order valence-corrected chi connectivity index (χ3v) is 3.62. The first-order valence-electron chi connectivity index (χ1n) is 7.72. The minimum Gasteiger partial charge on any atom is -0.347 e. The number of amides is 1. The Morgan fingerprint density at radius 3 is 2.87 bits per heavy atom. The third-order valence-electron chi connectivity index (χ3n) is 3.62. The number of halogens is 1. The van der Waals surface area contributed by atoms with Crippen LogP contribution in [0.3, 0.4) is 0 Å². The molecule has 0 radical (unpaired) electrons.